The van der Waals surface area contributed by atoms with Crippen LogP contribution in [0.15, 0.2) is 110 Å². The normalized spacial score (nSPS) is 16.0. The molecule has 0 radical (unpaired) electrons. The number of aryl methyl sites for hydroxylation is 1. The fourth-order valence-electron chi connectivity index (χ4n) is 8.39. The summed E-state index contributed by atoms with van der Waals surface area (Å²) in [6.45, 7) is 61.7. The average Bonchev–Trinajstić information content (AvgIpc) is 4.22. The van der Waals surface area contributed by atoms with Crippen molar-refractivity contribution in [2.75, 3.05) is 0 Å². The summed E-state index contributed by atoms with van der Waals surface area (Å²) in [7, 11) is 0. The van der Waals surface area contributed by atoms with E-state index in [0.29, 0.717) is 23.1 Å². The zero-order valence-corrected chi connectivity index (χ0v) is 57.8. The Morgan fingerprint density at radius 1 is 0.524 bits per heavy atom. The van der Waals surface area contributed by atoms with Crippen LogP contribution in [0.3, 0.4) is 0 Å². The third-order valence-corrected chi connectivity index (χ3v) is 13.8. The van der Waals surface area contributed by atoms with Gasteiger partial charge in [-0.3, -0.25) is 33.3 Å². The molecule has 84 heavy (non-hydrogen) atoms. The number of allylic oxidation sites excluding steroid dienone is 9. The molecule has 0 aromatic carbocycles. The molecule has 4 aliphatic rings. The molecule has 1 atom stereocenters. The van der Waals surface area contributed by atoms with Gasteiger partial charge in [0.05, 0.1) is 22.5 Å². The molecule has 0 amide bonds. The number of hydrogen-bond acceptors (Lipinski definition) is 8. The maximum Gasteiger partial charge on any atom is 0.163 e. The minimum Gasteiger partial charge on any atom is -0.326 e. The molecule has 0 saturated carbocycles. The highest BCUT2D eigenvalue weighted by Crippen LogP contribution is 2.33. The second-order valence-corrected chi connectivity index (χ2v) is 30.4. The van der Waals surface area contributed by atoms with E-state index < -0.39 is 0 Å². The lowest BCUT2D eigenvalue weighted by molar-refractivity contribution is -0.123. The number of aromatic nitrogens is 6. The molecule has 3 heterocycles. The summed E-state index contributed by atoms with van der Waals surface area (Å²) in [4.78, 5) is 60.9. The van der Waals surface area contributed by atoms with E-state index in [1.807, 2.05) is 142 Å². The van der Waals surface area contributed by atoms with Gasteiger partial charge in [-0.2, -0.15) is 10.2 Å². The van der Waals surface area contributed by atoms with Gasteiger partial charge in [0, 0.05) is 57.9 Å². The van der Waals surface area contributed by atoms with Crippen LogP contribution in [0.4, 0.5) is 0 Å². The fraction of sp³-hybridized carbons (Fsp3) is 0.616. The van der Waals surface area contributed by atoms with Gasteiger partial charge in [-0.1, -0.05) is 148 Å². The van der Waals surface area contributed by atoms with Gasteiger partial charge in [-0.15, -0.1) is 0 Å². The van der Waals surface area contributed by atoms with Gasteiger partial charge >= 0.3 is 0 Å². The van der Waals surface area contributed by atoms with Crippen LogP contribution >= 0.6 is 0 Å². The van der Waals surface area contributed by atoms with Crippen LogP contribution in [0.5, 0.6) is 0 Å². The first-order valence-corrected chi connectivity index (χ1v) is 30.6. The highest BCUT2D eigenvalue weighted by Gasteiger charge is 2.31. The minimum atomic E-state index is -0.248. The van der Waals surface area contributed by atoms with Crippen LogP contribution in [0, 0.1) is 39.9 Å². The van der Waals surface area contributed by atoms with E-state index >= 15 is 0 Å². The van der Waals surface area contributed by atoms with Gasteiger partial charge in [-0.05, 0) is 198 Å². The summed E-state index contributed by atoms with van der Waals surface area (Å²) >= 11 is 0. The predicted molar refractivity (Wildman–Crippen MR) is 357 cm³/mol. The zero-order chi connectivity index (χ0) is 65.5. The topological polar surface area (TPSA) is 139 Å². The van der Waals surface area contributed by atoms with Crippen LogP contribution in [-0.4, -0.2) is 58.0 Å². The summed E-state index contributed by atoms with van der Waals surface area (Å²) < 4.78 is 6.01. The van der Waals surface area contributed by atoms with Gasteiger partial charge in [0.25, 0.3) is 0 Å². The van der Waals surface area contributed by atoms with E-state index in [0.717, 1.165) is 91.7 Å². The Balaban J connectivity index is 0.000000939. The van der Waals surface area contributed by atoms with Crippen molar-refractivity contribution >= 4 is 41.1 Å². The average molecular weight is 1160 g/mol. The first kappa shape index (κ1) is 78.2. The van der Waals surface area contributed by atoms with Crippen molar-refractivity contribution in [1.82, 2.24) is 29.1 Å². The second kappa shape index (κ2) is 33.7. The van der Waals surface area contributed by atoms with Crippen LogP contribution < -0.4 is 0 Å². The Kier molecular flexibility index (Phi) is 31.4. The first-order chi connectivity index (χ1) is 38.1. The number of rotatable bonds is 6. The van der Waals surface area contributed by atoms with E-state index in [4.69, 9.17) is 0 Å². The van der Waals surface area contributed by atoms with Gasteiger partial charge < -0.3 is 4.57 Å². The van der Waals surface area contributed by atoms with E-state index in [1.165, 1.54) is 18.9 Å². The molecular formula is C73H118N6O5. The molecule has 0 N–H and O–H groups in total. The van der Waals surface area contributed by atoms with Crippen molar-refractivity contribution in [1.29, 1.82) is 0 Å². The number of nitrogens with zero attached hydrogens (tertiary/aromatic N) is 6. The summed E-state index contributed by atoms with van der Waals surface area (Å²) in [6.07, 6.45) is 34.5. The molecule has 470 valence electrons. The SMILES string of the molecule is C=CC(=O)C(C)(C)C.C=Cc1ccn(C(C)(C)C)n1.C=Cc1nccn1C(C)(C)C.CC(C)(C)C(=O)C1=CCC1.CC(C)(C)C(=O)C1=CCCC1.CC(C)(C)C(=O)C1=CCCCC1.CC(C)(C)C1CCC=CC1=O.Cc1ccn(C(C)(C)C)n1. The van der Waals surface area contributed by atoms with Crippen molar-refractivity contribution in [3.63, 3.8) is 0 Å². The largest absolute Gasteiger partial charge is 0.326 e. The van der Waals surface area contributed by atoms with Crippen molar-refractivity contribution in [3.8, 4) is 0 Å². The molecule has 0 fully saturated rings. The lowest BCUT2D eigenvalue weighted by Crippen LogP contribution is -2.28. The van der Waals surface area contributed by atoms with E-state index in [-0.39, 0.29) is 55.4 Å². The molecule has 0 spiro atoms. The highest BCUT2D eigenvalue weighted by molar-refractivity contribution is 6.00. The number of Topliss-reactive ketones (excluding diaryl/α,β-unsaturated/α-hetero) is 3. The van der Waals surface area contributed by atoms with Crippen molar-refractivity contribution < 1.29 is 24.0 Å². The van der Waals surface area contributed by atoms with Gasteiger partial charge in [0.2, 0.25) is 0 Å². The summed E-state index contributed by atoms with van der Waals surface area (Å²) in [6, 6.07) is 3.98. The fourth-order valence-corrected chi connectivity index (χ4v) is 8.39. The van der Waals surface area contributed by atoms with Crippen LogP contribution in [0.25, 0.3) is 12.2 Å². The third-order valence-electron chi connectivity index (χ3n) is 13.8. The second-order valence-electron chi connectivity index (χ2n) is 30.4. The molecule has 7 rings (SSSR count). The van der Waals surface area contributed by atoms with Crippen LogP contribution in [0.1, 0.15) is 254 Å². The molecule has 3 aromatic heterocycles. The molecule has 0 aliphatic heterocycles. The molecule has 11 heteroatoms. The maximum absolute atomic E-state index is 11.8. The predicted octanol–water partition coefficient (Wildman–Crippen LogP) is 19.0. The van der Waals surface area contributed by atoms with Crippen LogP contribution in [-0.2, 0) is 40.6 Å². The summed E-state index contributed by atoms with van der Waals surface area (Å²) in [5.74, 6) is 2.56. The zero-order valence-electron chi connectivity index (χ0n) is 57.8. The molecule has 0 saturated heterocycles. The molecule has 0 bridgehead atoms. The quantitative estimate of drug-likeness (QED) is 0.222. The Morgan fingerprint density at radius 3 is 1.20 bits per heavy atom. The van der Waals surface area contributed by atoms with Gasteiger partial charge in [0.15, 0.2) is 28.9 Å². The van der Waals surface area contributed by atoms with Gasteiger partial charge in [0.1, 0.15) is 5.82 Å². The number of imidazole rings is 1. The lowest BCUT2D eigenvalue weighted by Gasteiger charge is -2.29. The number of hydrogen-bond donors (Lipinski definition) is 0. The monoisotopic (exact) mass is 1160 g/mol. The lowest BCUT2D eigenvalue weighted by atomic mass is 9.74. The van der Waals surface area contributed by atoms with Crippen molar-refractivity contribution in [2.45, 2.75) is 260 Å². The van der Waals surface area contributed by atoms with Crippen LogP contribution in [0.2, 0.25) is 0 Å². The number of carbonyl (C=O) groups excluding carboxylic acids is 5. The van der Waals surface area contributed by atoms with E-state index in [1.54, 1.807) is 24.4 Å². The molecule has 3 aromatic rings. The smallest absolute Gasteiger partial charge is 0.163 e. The molecular weight excluding hydrogens is 1040 g/mol. The Labute approximate surface area is 512 Å². The Bertz CT molecular complexity index is 2720. The summed E-state index contributed by atoms with van der Waals surface area (Å²) in [5, 5.41) is 8.60. The minimum absolute atomic E-state index is 0.0707. The number of carbonyl (C=O) groups is 5. The molecule has 11 nitrogen and oxygen atoms in total. The van der Waals surface area contributed by atoms with Crippen molar-refractivity contribution in [3.05, 3.63) is 127 Å². The molecule has 4 aliphatic carbocycles. The summed E-state index contributed by atoms with van der Waals surface area (Å²) in [5.41, 5.74) is 4.79. The first-order valence-electron chi connectivity index (χ1n) is 30.6. The molecule has 1 unspecified atom stereocenters. The Hall–Kier alpha value is -5.84. The van der Waals surface area contributed by atoms with E-state index in [2.05, 4.69) is 135 Å². The van der Waals surface area contributed by atoms with Crippen molar-refractivity contribution in [2.24, 2.45) is 33.0 Å². The Morgan fingerprint density at radius 2 is 0.976 bits per heavy atom. The van der Waals surface area contributed by atoms with Gasteiger partial charge in [-0.25, -0.2) is 4.98 Å². The standard InChI is InChI=1S/C11H18O.2C10H16O.2C9H14N2.C9H14O.C8H14N2.C7H12O/c1-11(2,3)10(12)9-7-5-4-6-8-9;1-10(2,3)8-6-4-5-7-9(8)11;1-10(2,3)9(11)8-6-4-5-7-8;1-5-8-10-6-7-11(8)9(2,3)4;1-5-8-6-7-11(10-8)9(2,3)4;1-9(2,3)8(10)7-5-4-6-7;1-7-5-6-10(9-7)8(2,3)4;1-5-6(8)7(2,3)4/h7H,4-6,8H2,1-3H3;5,7-8H,4,6H2,1-3H3;6H,4-5,7H2,1-3H3;2*5-7H,1H2,2-4H3;5H,4,6H2,1-3H3;5-6H,1-4H3;5H,1H2,2-4H3. The third kappa shape index (κ3) is 29.8. The van der Waals surface area contributed by atoms with E-state index in [9.17, 15) is 24.0 Å². The highest BCUT2D eigenvalue weighted by atomic mass is 16.1. The maximum atomic E-state index is 11.8. The number of ketones is 5.